The third-order valence-electron chi connectivity index (χ3n) is 4.40. The van der Waals surface area contributed by atoms with Gasteiger partial charge in [0.1, 0.15) is 0 Å². The molecule has 0 radical (unpaired) electrons. The van der Waals surface area contributed by atoms with Crippen LogP contribution in [0.4, 0.5) is 0 Å². The number of esters is 3. The van der Waals surface area contributed by atoms with Gasteiger partial charge in [0.25, 0.3) is 0 Å². The molecule has 11 heteroatoms. The van der Waals surface area contributed by atoms with E-state index in [9.17, 15) is 14.4 Å². The Morgan fingerprint density at radius 3 is 2.47 bits per heavy atom. The molecule has 1 fully saturated rings. The van der Waals surface area contributed by atoms with Crippen LogP contribution in [0.25, 0.3) is 11.0 Å². The fourth-order valence-electron chi connectivity index (χ4n) is 3.25. The number of rotatable bonds is 4. The highest BCUT2D eigenvalue weighted by Crippen LogP contribution is 2.36. The molecule has 1 unspecified atom stereocenters. The standard InChI is InChI=1S/C19H20BrClN2O7/c1-8-5-13-14(6-12(8)21)23(19(20)22-13)18-17(30-11(4)26)16(29-10(3)25)15(7-27-18)28-9(2)24/h5-6,15-18H,7H2,1-4H3/t15-,16-,17-,18?/m1/s1/i2D,3D,4D. The summed E-state index contributed by atoms with van der Waals surface area (Å²) < 4.78 is 45.4. The van der Waals surface area contributed by atoms with Gasteiger partial charge in [-0.15, -0.1) is 0 Å². The minimum atomic E-state index is -1.37. The lowest BCUT2D eigenvalue weighted by atomic mass is 10.0. The molecule has 9 nitrogen and oxygen atoms in total. The largest absolute Gasteiger partial charge is 0.456 e. The minimum Gasteiger partial charge on any atom is -0.456 e. The predicted octanol–water partition coefficient (Wildman–Crippen LogP) is 3.08. The Kier molecular flexibility index (Phi) is 5.52. The lowest BCUT2D eigenvalue weighted by Gasteiger charge is -2.41. The lowest BCUT2D eigenvalue weighted by Crippen LogP contribution is -2.55. The summed E-state index contributed by atoms with van der Waals surface area (Å²) in [5, 5.41) is 0.450. The van der Waals surface area contributed by atoms with E-state index in [-0.39, 0.29) is 6.61 Å². The highest BCUT2D eigenvalue weighted by Gasteiger charge is 2.48. The van der Waals surface area contributed by atoms with Crippen molar-refractivity contribution in [2.45, 2.75) is 52.2 Å². The van der Waals surface area contributed by atoms with Gasteiger partial charge in [0.2, 0.25) is 0 Å². The monoisotopic (exact) mass is 505 g/mol. The summed E-state index contributed by atoms with van der Waals surface area (Å²) >= 11 is 9.65. The number of halogens is 2. The first kappa shape index (κ1) is 18.6. The van der Waals surface area contributed by atoms with E-state index in [4.69, 9.17) is 34.7 Å². The molecular formula is C19H20BrClN2O7. The van der Waals surface area contributed by atoms with Crippen molar-refractivity contribution < 1.29 is 37.4 Å². The van der Waals surface area contributed by atoms with Crippen molar-refractivity contribution >= 4 is 56.5 Å². The molecule has 0 aliphatic carbocycles. The van der Waals surface area contributed by atoms with Gasteiger partial charge < -0.3 is 18.9 Å². The van der Waals surface area contributed by atoms with Crippen molar-refractivity contribution in [3.63, 3.8) is 0 Å². The maximum Gasteiger partial charge on any atom is 0.303 e. The molecule has 162 valence electrons. The van der Waals surface area contributed by atoms with Crippen molar-refractivity contribution in [1.82, 2.24) is 9.55 Å². The number of aromatic nitrogens is 2. The SMILES string of the molecule is [2H]CC(=O)O[C@@H]1[C@H](OC(=O)C[2H])COC(n2c(Br)nc3cc(C)c(Cl)cc32)[C@@H]1OC(=O)C[2H]. The first-order valence-electron chi connectivity index (χ1n) is 10.7. The molecule has 0 N–H and O–H groups in total. The van der Waals surface area contributed by atoms with Crippen LogP contribution in [0.3, 0.4) is 0 Å². The van der Waals surface area contributed by atoms with Crippen LogP contribution in [0, 0.1) is 6.92 Å². The van der Waals surface area contributed by atoms with Gasteiger partial charge in [0, 0.05) is 29.8 Å². The summed E-state index contributed by atoms with van der Waals surface area (Å²) in [5.74, 6) is -2.80. The molecule has 2 heterocycles. The van der Waals surface area contributed by atoms with Crippen LogP contribution >= 0.6 is 27.5 Å². The van der Waals surface area contributed by atoms with Crippen LogP contribution in [0.2, 0.25) is 5.02 Å². The molecule has 30 heavy (non-hydrogen) atoms. The average molecular weight is 507 g/mol. The Balaban J connectivity index is 2.10. The van der Waals surface area contributed by atoms with E-state index in [1.54, 1.807) is 12.1 Å². The zero-order valence-corrected chi connectivity index (χ0v) is 18.1. The third-order valence-corrected chi connectivity index (χ3v) is 5.37. The van der Waals surface area contributed by atoms with Crippen molar-refractivity contribution in [3.8, 4) is 0 Å². The molecule has 2 aromatic rings. The fourth-order valence-corrected chi connectivity index (χ4v) is 3.99. The number of hydrogen-bond acceptors (Lipinski definition) is 8. The number of aryl methyl sites for hydroxylation is 1. The van der Waals surface area contributed by atoms with Gasteiger partial charge in [0.15, 0.2) is 29.3 Å². The number of carbonyl (C=O) groups is 3. The van der Waals surface area contributed by atoms with Gasteiger partial charge in [-0.25, -0.2) is 4.98 Å². The third kappa shape index (κ3) is 4.60. The van der Waals surface area contributed by atoms with Gasteiger partial charge in [0.05, 0.1) is 17.6 Å². The quantitative estimate of drug-likeness (QED) is 0.460. The second kappa shape index (κ2) is 8.91. The maximum atomic E-state index is 12.1. The number of nitrogens with zero attached hydrogens (tertiary/aromatic N) is 2. The molecule has 1 aromatic heterocycles. The van der Waals surface area contributed by atoms with Crippen LogP contribution in [-0.4, -0.2) is 52.4 Å². The fraction of sp³-hybridized carbons (Fsp3) is 0.474. The molecule has 1 aliphatic heterocycles. The summed E-state index contributed by atoms with van der Waals surface area (Å²) in [6, 6.07) is 3.40. The normalized spacial score (nSPS) is 25.1. The number of ether oxygens (including phenoxy) is 4. The average Bonchev–Trinajstić information content (AvgIpc) is 3.10. The molecule has 0 spiro atoms. The van der Waals surface area contributed by atoms with E-state index < -0.39 is 63.1 Å². The lowest BCUT2D eigenvalue weighted by molar-refractivity contribution is -0.239. The van der Waals surface area contributed by atoms with Crippen LogP contribution in [-0.2, 0) is 33.3 Å². The summed E-state index contributed by atoms with van der Waals surface area (Å²) in [6.45, 7) is -0.603. The van der Waals surface area contributed by atoms with Crippen molar-refractivity contribution in [3.05, 3.63) is 27.5 Å². The zero-order valence-electron chi connectivity index (χ0n) is 18.8. The van der Waals surface area contributed by atoms with Gasteiger partial charge in [-0.1, -0.05) is 11.6 Å². The molecular weight excluding hydrogens is 484 g/mol. The highest BCUT2D eigenvalue weighted by atomic mass is 79.9. The first-order valence-corrected chi connectivity index (χ1v) is 9.78. The molecule has 1 aliphatic rings. The predicted molar refractivity (Wildman–Crippen MR) is 109 cm³/mol. The van der Waals surface area contributed by atoms with Gasteiger partial charge in [-0.05, 0) is 40.5 Å². The smallest absolute Gasteiger partial charge is 0.303 e. The van der Waals surface area contributed by atoms with E-state index in [1.807, 2.05) is 6.92 Å². The topological polar surface area (TPSA) is 106 Å². The Morgan fingerprint density at radius 1 is 1.17 bits per heavy atom. The highest BCUT2D eigenvalue weighted by molar-refractivity contribution is 9.10. The van der Waals surface area contributed by atoms with Gasteiger partial charge in [-0.3, -0.25) is 19.0 Å². The Hall–Kier alpha value is -2.17. The van der Waals surface area contributed by atoms with Gasteiger partial charge in [-0.2, -0.15) is 0 Å². The van der Waals surface area contributed by atoms with E-state index in [1.165, 1.54) is 4.57 Å². The van der Waals surface area contributed by atoms with E-state index in [0.29, 0.717) is 20.8 Å². The summed E-state index contributed by atoms with van der Waals surface area (Å²) in [5.41, 5.74) is 1.86. The second-order valence-electron chi connectivity index (χ2n) is 6.50. The van der Waals surface area contributed by atoms with E-state index in [2.05, 4.69) is 20.9 Å². The molecule has 0 amide bonds. The number of imidazole rings is 1. The number of fused-ring (bicyclic) bond motifs is 1. The molecule has 0 bridgehead atoms. The van der Waals surface area contributed by atoms with Gasteiger partial charge >= 0.3 is 17.9 Å². The van der Waals surface area contributed by atoms with Crippen LogP contribution in [0.1, 0.15) is 36.6 Å². The van der Waals surface area contributed by atoms with E-state index >= 15 is 0 Å². The molecule has 0 saturated carbocycles. The molecule has 3 rings (SSSR count). The van der Waals surface area contributed by atoms with Crippen LogP contribution in [0.5, 0.6) is 0 Å². The summed E-state index contributed by atoms with van der Waals surface area (Å²) in [4.78, 5) is 40.3. The zero-order chi connectivity index (χ0) is 24.3. The Labute approximate surface area is 189 Å². The Morgan fingerprint density at radius 2 is 1.80 bits per heavy atom. The van der Waals surface area contributed by atoms with Crippen LogP contribution in [0.15, 0.2) is 16.9 Å². The second-order valence-corrected chi connectivity index (χ2v) is 7.62. The number of benzene rings is 1. The van der Waals surface area contributed by atoms with Crippen molar-refractivity contribution in [2.75, 3.05) is 6.61 Å². The maximum absolute atomic E-state index is 12.1. The molecule has 4 atom stereocenters. The number of carbonyl (C=O) groups excluding carboxylic acids is 3. The summed E-state index contributed by atoms with van der Waals surface area (Å²) in [7, 11) is 0. The van der Waals surface area contributed by atoms with Crippen molar-refractivity contribution in [1.29, 1.82) is 0 Å². The minimum absolute atomic E-state index is 0.271. The van der Waals surface area contributed by atoms with Crippen LogP contribution < -0.4 is 0 Å². The molecule has 1 aromatic carbocycles. The van der Waals surface area contributed by atoms with E-state index in [0.717, 1.165) is 5.56 Å². The van der Waals surface area contributed by atoms with Crippen molar-refractivity contribution in [2.24, 2.45) is 0 Å². The summed E-state index contributed by atoms with van der Waals surface area (Å²) in [6.07, 6.45) is -5.06. The Bertz CT molecular complexity index is 1070. The first-order chi connectivity index (χ1) is 15.7. The molecule has 1 saturated heterocycles. The number of hydrogen-bond donors (Lipinski definition) is 0.